The van der Waals surface area contributed by atoms with E-state index in [1.807, 2.05) is 0 Å². The highest BCUT2D eigenvalue weighted by atomic mass is 19.3. The van der Waals surface area contributed by atoms with Crippen LogP contribution in [-0.2, 0) is 5.92 Å². The minimum absolute atomic E-state index is 0.0500. The summed E-state index contributed by atoms with van der Waals surface area (Å²) in [5.74, 6) is -2.56. The fourth-order valence-electron chi connectivity index (χ4n) is 3.35. The zero-order chi connectivity index (χ0) is 18.7. The molecule has 5 heteroatoms. The second-order valence-electron chi connectivity index (χ2n) is 7.07. The van der Waals surface area contributed by atoms with Gasteiger partial charge >= 0.3 is 0 Å². The van der Waals surface area contributed by atoms with Gasteiger partial charge in [0.1, 0.15) is 16.9 Å². The van der Waals surface area contributed by atoms with Crippen molar-refractivity contribution < 1.29 is 13.2 Å². The zero-order valence-corrected chi connectivity index (χ0v) is 14.6. The highest BCUT2D eigenvalue weighted by Gasteiger charge is 2.52. The molecule has 132 valence electrons. The van der Waals surface area contributed by atoms with Gasteiger partial charge in [0.05, 0.1) is 11.1 Å². The van der Waals surface area contributed by atoms with Gasteiger partial charge in [-0.25, -0.2) is 0 Å². The molecule has 0 unspecified atom stereocenters. The van der Waals surface area contributed by atoms with Crippen LogP contribution in [-0.4, -0.2) is 11.3 Å². The number of halogens is 2. The summed E-state index contributed by atoms with van der Waals surface area (Å²) in [6, 6.07) is 12.9. The van der Waals surface area contributed by atoms with Gasteiger partial charge in [-0.15, -0.1) is 0 Å². The van der Waals surface area contributed by atoms with Gasteiger partial charge < -0.3 is 4.42 Å². The zero-order valence-electron chi connectivity index (χ0n) is 14.6. The molecule has 0 N–H and O–H groups in total. The van der Waals surface area contributed by atoms with Gasteiger partial charge in [0.25, 0.3) is 5.92 Å². The van der Waals surface area contributed by atoms with Crippen LogP contribution >= 0.6 is 0 Å². The lowest BCUT2D eigenvalue weighted by molar-refractivity contribution is -0.0681. The van der Waals surface area contributed by atoms with Gasteiger partial charge in [-0.05, 0) is 39.0 Å². The van der Waals surface area contributed by atoms with Crippen LogP contribution in [0.25, 0.3) is 11.0 Å². The highest BCUT2D eigenvalue weighted by molar-refractivity contribution is 6.15. The summed E-state index contributed by atoms with van der Waals surface area (Å²) in [7, 11) is 0. The third-order valence-corrected chi connectivity index (χ3v) is 4.80. The van der Waals surface area contributed by atoms with Gasteiger partial charge in [0, 0.05) is 22.8 Å². The Hall–Kier alpha value is -2.82. The number of nitrogens with zero attached hydrogens (tertiary/aromatic N) is 1. The lowest BCUT2D eigenvalue weighted by Crippen LogP contribution is -2.44. The first-order chi connectivity index (χ1) is 12.2. The first-order valence-electron chi connectivity index (χ1n) is 8.33. The van der Waals surface area contributed by atoms with Crippen LogP contribution in [0.3, 0.4) is 0 Å². The third kappa shape index (κ3) is 2.30. The minimum Gasteiger partial charge on any atom is -0.461 e. The van der Waals surface area contributed by atoms with E-state index in [1.165, 1.54) is 26.0 Å². The van der Waals surface area contributed by atoms with Crippen molar-refractivity contribution in [3.63, 3.8) is 0 Å². The summed E-state index contributed by atoms with van der Waals surface area (Å²) in [5.41, 5.74) is 0.110. The van der Waals surface area contributed by atoms with E-state index >= 15 is 0 Å². The van der Waals surface area contributed by atoms with Gasteiger partial charge in [-0.2, -0.15) is 8.78 Å². The van der Waals surface area contributed by atoms with Crippen molar-refractivity contribution >= 4 is 16.7 Å². The topological polar surface area (TPSA) is 42.6 Å². The monoisotopic (exact) mass is 353 g/mol. The largest absolute Gasteiger partial charge is 0.461 e. The van der Waals surface area contributed by atoms with E-state index in [-0.39, 0.29) is 11.0 Å². The number of fused-ring (bicyclic) bond motifs is 2. The number of alkyl halides is 2. The second-order valence-corrected chi connectivity index (χ2v) is 7.07. The Kier molecular flexibility index (Phi) is 3.41. The second kappa shape index (κ2) is 5.34. The van der Waals surface area contributed by atoms with Crippen LogP contribution in [0.5, 0.6) is 0 Å². The number of aryl methyl sites for hydroxylation is 1. The summed E-state index contributed by atoms with van der Waals surface area (Å²) in [6.45, 7) is 4.55. The van der Waals surface area contributed by atoms with Crippen LogP contribution in [0.4, 0.5) is 8.78 Å². The molecule has 1 aliphatic heterocycles. The molecule has 0 spiro atoms. The van der Waals surface area contributed by atoms with Crippen LogP contribution in [0.1, 0.15) is 36.3 Å². The molecule has 0 amide bonds. The Balaban J connectivity index is 2.00. The maximum atomic E-state index is 14.9. The van der Waals surface area contributed by atoms with Gasteiger partial charge in [-0.3, -0.25) is 9.79 Å². The minimum atomic E-state index is -3.08. The summed E-state index contributed by atoms with van der Waals surface area (Å²) in [4.78, 5) is 16.7. The van der Waals surface area contributed by atoms with Gasteiger partial charge in [0.2, 0.25) is 0 Å². The molecule has 1 aliphatic rings. The average Bonchev–Trinajstić information content (AvgIpc) is 2.58. The van der Waals surface area contributed by atoms with E-state index in [0.29, 0.717) is 33.6 Å². The molecule has 0 saturated heterocycles. The summed E-state index contributed by atoms with van der Waals surface area (Å²) < 4.78 is 35.3. The van der Waals surface area contributed by atoms with Gasteiger partial charge in [0.15, 0.2) is 5.43 Å². The molecule has 2 aromatic carbocycles. The third-order valence-electron chi connectivity index (χ3n) is 4.80. The summed E-state index contributed by atoms with van der Waals surface area (Å²) in [5, 5.41) is 0.406. The first kappa shape index (κ1) is 16.6. The molecule has 3 nitrogen and oxygen atoms in total. The van der Waals surface area contributed by atoms with E-state index in [4.69, 9.17) is 4.42 Å². The lowest BCUT2D eigenvalue weighted by atomic mass is 9.81. The van der Waals surface area contributed by atoms with E-state index in [0.717, 1.165) is 0 Å². The van der Waals surface area contributed by atoms with Crippen molar-refractivity contribution in [1.29, 1.82) is 0 Å². The fourth-order valence-corrected chi connectivity index (χ4v) is 3.35. The maximum absolute atomic E-state index is 14.9. The molecule has 0 saturated carbocycles. The molecule has 0 atom stereocenters. The molecule has 2 heterocycles. The maximum Gasteiger partial charge on any atom is 0.297 e. The molecule has 0 bridgehead atoms. The van der Waals surface area contributed by atoms with Crippen molar-refractivity contribution in [3.05, 3.63) is 81.2 Å². The van der Waals surface area contributed by atoms with Crippen molar-refractivity contribution in [1.82, 2.24) is 0 Å². The smallest absolute Gasteiger partial charge is 0.297 e. The molecule has 3 aromatic rings. The predicted molar refractivity (Wildman–Crippen MR) is 97.3 cm³/mol. The van der Waals surface area contributed by atoms with E-state index in [9.17, 15) is 13.6 Å². The number of hydrogen-bond acceptors (Lipinski definition) is 3. The molecule has 0 radical (unpaired) electrons. The number of rotatable bonds is 1. The van der Waals surface area contributed by atoms with Crippen molar-refractivity contribution in [2.24, 2.45) is 4.99 Å². The quantitative estimate of drug-likeness (QED) is 0.629. The molecule has 26 heavy (non-hydrogen) atoms. The molecule has 1 aromatic heterocycles. The number of aliphatic imine (C=N–C) groups is 1. The van der Waals surface area contributed by atoms with Crippen molar-refractivity contribution in [2.45, 2.75) is 32.2 Å². The highest BCUT2D eigenvalue weighted by Crippen LogP contribution is 2.46. The van der Waals surface area contributed by atoms with Crippen LogP contribution in [0.15, 0.2) is 62.7 Å². The Morgan fingerprint density at radius 3 is 2.54 bits per heavy atom. The fraction of sp³-hybridized carbons (Fsp3) is 0.238. The Morgan fingerprint density at radius 2 is 1.77 bits per heavy atom. The summed E-state index contributed by atoms with van der Waals surface area (Å²) >= 11 is 0. The molecule has 0 fully saturated rings. The molecular formula is C21H17F2NO2. The predicted octanol–water partition coefficient (Wildman–Crippen LogP) is 4.82. The van der Waals surface area contributed by atoms with Gasteiger partial charge in [-0.1, -0.05) is 24.3 Å². The SMILES string of the molecule is Cc1cc(=O)c2cc(C3=NC(C)(C)C(F)(F)c4ccccc43)ccc2o1. The Bertz CT molecular complexity index is 1130. The number of benzene rings is 2. The van der Waals surface area contributed by atoms with Crippen LogP contribution < -0.4 is 5.43 Å². The molecule has 4 rings (SSSR count). The van der Waals surface area contributed by atoms with E-state index in [2.05, 4.69) is 4.99 Å². The standard InChI is InChI=1S/C21H17F2NO2/c1-12-10-17(25)15-11-13(8-9-18(15)26-12)19-14-6-4-5-7-16(14)21(22,23)20(2,3)24-19/h4-11H,1-3H3. The number of hydrogen-bond donors (Lipinski definition) is 0. The van der Waals surface area contributed by atoms with E-state index < -0.39 is 11.5 Å². The molecule has 0 aliphatic carbocycles. The molecular weight excluding hydrogens is 336 g/mol. The van der Waals surface area contributed by atoms with Crippen LogP contribution in [0.2, 0.25) is 0 Å². The van der Waals surface area contributed by atoms with Crippen molar-refractivity contribution in [2.75, 3.05) is 0 Å². The Morgan fingerprint density at radius 1 is 1.04 bits per heavy atom. The average molecular weight is 353 g/mol. The first-order valence-corrected chi connectivity index (χ1v) is 8.33. The van der Waals surface area contributed by atoms with Crippen molar-refractivity contribution in [3.8, 4) is 0 Å². The van der Waals surface area contributed by atoms with Crippen LogP contribution in [0, 0.1) is 6.92 Å². The van der Waals surface area contributed by atoms with E-state index in [1.54, 1.807) is 43.3 Å². The summed E-state index contributed by atoms with van der Waals surface area (Å²) in [6.07, 6.45) is 0. The lowest BCUT2D eigenvalue weighted by Gasteiger charge is -2.37. The Labute approximate surface area is 149 Å². The normalized spacial score (nSPS) is 17.7.